The Morgan fingerprint density at radius 2 is 1.07 bits per heavy atom. The van der Waals surface area contributed by atoms with Gasteiger partial charge in [-0.2, -0.15) is 0 Å². The van der Waals surface area contributed by atoms with Gasteiger partial charge in [-0.05, 0) is 11.1 Å². The van der Waals surface area contributed by atoms with Gasteiger partial charge in [-0.1, -0.05) is 60.8 Å². The number of allylic oxidation sites excluding steroid dienone is 12. The van der Waals surface area contributed by atoms with E-state index in [1.54, 1.807) is 0 Å². The van der Waals surface area contributed by atoms with Gasteiger partial charge in [0.25, 0.3) is 0 Å². The highest BCUT2D eigenvalue weighted by Gasteiger charge is 2.21. The van der Waals surface area contributed by atoms with Crippen LogP contribution in [0.3, 0.4) is 0 Å². The van der Waals surface area contributed by atoms with Gasteiger partial charge in [-0.25, -0.2) is 0 Å². The highest BCUT2D eigenvalue weighted by atomic mass is 14.2. The molecule has 0 nitrogen and oxygen atoms in total. The molecule has 68 valence electrons. The Kier molecular flexibility index (Phi) is 1.66. The van der Waals surface area contributed by atoms with E-state index in [9.17, 15) is 0 Å². The zero-order valence-corrected chi connectivity index (χ0v) is 7.93. The molecule has 0 aromatic rings. The molecule has 0 bridgehead atoms. The van der Waals surface area contributed by atoms with Gasteiger partial charge < -0.3 is 0 Å². The fourth-order valence-electron chi connectivity index (χ4n) is 2.27. The predicted molar refractivity (Wildman–Crippen MR) is 59.7 cm³/mol. The van der Waals surface area contributed by atoms with Crippen LogP contribution in [-0.2, 0) is 0 Å². The van der Waals surface area contributed by atoms with E-state index >= 15 is 0 Å². The van der Waals surface area contributed by atoms with Gasteiger partial charge in [0.2, 0.25) is 0 Å². The molecule has 0 N–H and O–H groups in total. The maximum Gasteiger partial charge on any atom is 0.0205 e. The lowest BCUT2D eigenvalue weighted by Crippen LogP contribution is -2.12. The molecule has 0 aromatic carbocycles. The third-order valence-corrected chi connectivity index (χ3v) is 2.99. The summed E-state index contributed by atoms with van der Waals surface area (Å²) < 4.78 is 0. The first-order chi connectivity index (χ1) is 6.95. The maximum atomic E-state index is 2.30. The van der Waals surface area contributed by atoms with Crippen LogP contribution in [0.4, 0.5) is 0 Å². The average Bonchev–Trinajstić information content (AvgIpc) is 2.29. The van der Waals surface area contributed by atoms with Gasteiger partial charge in [0.05, 0.1) is 0 Å². The molecule has 0 spiro atoms. The standard InChI is InChI=1S/C14H12/c1-3-7-13-11(5-1)9-10-12-6-2-4-8-14(12)13/h1-12H. The van der Waals surface area contributed by atoms with Gasteiger partial charge >= 0.3 is 0 Å². The molecule has 3 rings (SSSR count). The molecule has 0 saturated carbocycles. The molecule has 0 radical (unpaired) electrons. The van der Waals surface area contributed by atoms with E-state index in [2.05, 4.69) is 60.8 Å². The zero-order valence-electron chi connectivity index (χ0n) is 7.93. The van der Waals surface area contributed by atoms with Gasteiger partial charge in [0.15, 0.2) is 0 Å². The summed E-state index contributed by atoms with van der Waals surface area (Å²) >= 11 is 0. The summed E-state index contributed by atoms with van der Waals surface area (Å²) in [7, 11) is 0. The van der Waals surface area contributed by atoms with Crippen LogP contribution >= 0.6 is 0 Å². The van der Waals surface area contributed by atoms with Crippen LogP contribution in [0.15, 0.2) is 71.9 Å². The molecule has 0 fully saturated rings. The number of hydrogen-bond acceptors (Lipinski definition) is 0. The molecular weight excluding hydrogens is 168 g/mol. The van der Waals surface area contributed by atoms with Crippen LogP contribution in [0.1, 0.15) is 0 Å². The van der Waals surface area contributed by atoms with E-state index in [0.29, 0.717) is 11.8 Å². The third-order valence-electron chi connectivity index (χ3n) is 2.99. The van der Waals surface area contributed by atoms with Crippen LogP contribution in [0.5, 0.6) is 0 Å². The lowest BCUT2D eigenvalue weighted by Gasteiger charge is -2.26. The van der Waals surface area contributed by atoms with Crippen molar-refractivity contribution in [3.8, 4) is 0 Å². The third kappa shape index (κ3) is 1.07. The molecule has 0 aromatic heterocycles. The highest BCUT2D eigenvalue weighted by Crippen LogP contribution is 2.35. The first kappa shape index (κ1) is 7.81. The van der Waals surface area contributed by atoms with Crippen molar-refractivity contribution in [2.45, 2.75) is 0 Å². The zero-order chi connectivity index (χ0) is 9.38. The molecule has 0 heteroatoms. The van der Waals surface area contributed by atoms with Gasteiger partial charge in [-0.3, -0.25) is 0 Å². The first-order valence-electron chi connectivity index (χ1n) is 5.07. The van der Waals surface area contributed by atoms with Crippen molar-refractivity contribution in [3.63, 3.8) is 0 Å². The summed E-state index contributed by atoms with van der Waals surface area (Å²) in [6.45, 7) is 0. The predicted octanol–water partition coefficient (Wildman–Crippen LogP) is 3.34. The molecule has 0 aliphatic heterocycles. The van der Waals surface area contributed by atoms with Crippen molar-refractivity contribution < 1.29 is 0 Å². The molecule has 2 unspecified atom stereocenters. The Bertz CT molecular complexity index is 385. The molecule has 0 heterocycles. The molecular formula is C14H12. The van der Waals surface area contributed by atoms with E-state index in [1.807, 2.05) is 0 Å². The largest absolute Gasteiger partial charge is 0.0763 e. The second-order valence-corrected chi connectivity index (χ2v) is 3.84. The summed E-state index contributed by atoms with van der Waals surface area (Å²) in [6.07, 6.45) is 22.1. The Morgan fingerprint density at radius 1 is 0.571 bits per heavy atom. The summed E-state index contributed by atoms with van der Waals surface area (Å²) in [5, 5.41) is 0. The van der Waals surface area contributed by atoms with Gasteiger partial charge in [-0.15, -0.1) is 0 Å². The minimum absolute atomic E-state index is 0.502. The number of fused-ring (bicyclic) bond motifs is 2. The van der Waals surface area contributed by atoms with Crippen LogP contribution in [0, 0.1) is 11.8 Å². The number of hydrogen-bond donors (Lipinski definition) is 0. The molecule has 14 heavy (non-hydrogen) atoms. The van der Waals surface area contributed by atoms with Gasteiger partial charge in [0.1, 0.15) is 0 Å². The second-order valence-electron chi connectivity index (χ2n) is 3.84. The van der Waals surface area contributed by atoms with E-state index in [0.717, 1.165) is 0 Å². The van der Waals surface area contributed by atoms with Crippen molar-refractivity contribution in [2.75, 3.05) is 0 Å². The highest BCUT2D eigenvalue weighted by molar-refractivity contribution is 5.51. The molecule has 0 amide bonds. The Morgan fingerprint density at radius 3 is 1.57 bits per heavy atom. The summed E-state index contributed by atoms with van der Waals surface area (Å²) in [5.74, 6) is 1.00. The quantitative estimate of drug-likeness (QED) is 0.501. The van der Waals surface area contributed by atoms with E-state index in [4.69, 9.17) is 0 Å². The van der Waals surface area contributed by atoms with E-state index in [1.165, 1.54) is 11.1 Å². The fourth-order valence-corrected chi connectivity index (χ4v) is 2.27. The first-order valence-corrected chi connectivity index (χ1v) is 5.07. The Hall–Kier alpha value is -1.56. The van der Waals surface area contributed by atoms with Crippen molar-refractivity contribution in [1.82, 2.24) is 0 Å². The SMILES string of the molecule is C1=CC2=C3C=CC=CC3C=CC2C=C1. The van der Waals surface area contributed by atoms with Gasteiger partial charge in [0, 0.05) is 11.8 Å². The van der Waals surface area contributed by atoms with Crippen molar-refractivity contribution >= 4 is 0 Å². The lowest BCUT2D eigenvalue weighted by molar-refractivity contribution is 0.850. The van der Waals surface area contributed by atoms with E-state index in [-0.39, 0.29) is 0 Å². The summed E-state index contributed by atoms with van der Waals surface area (Å²) in [6, 6.07) is 0. The van der Waals surface area contributed by atoms with Crippen LogP contribution in [0.2, 0.25) is 0 Å². The lowest BCUT2D eigenvalue weighted by atomic mass is 9.78. The normalized spacial score (nSPS) is 32.0. The second kappa shape index (κ2) is 2.98. The monoisotopic (exact) mass is 180 g/mol. The van der Waals surface area contributed by atoms with Crippen LogP contribution < -0.4 is 0 Å². The average molecular weight is 180 g/mol. The maximum absolute atomic E-state index is 2.30. The van der Waals surface area contributed by atoms with Crippen molar-refractivity contribution in [3.05, 3.63) is 71.9 Å². The minimum Gasteiger partial charge on any atom is -0.0763 e. The summed E-state index contributed by atoms with van der Waals surface area (Å²) in [5.41, 5.74) is 2.92. The van der Waals surface area contributed by atoms with E-state index < -0.39 is 0 Å². The molecule has 3 aliphatic carbocycles. The topological polar surface area (TPSA) is 0 Å². The smallest absolute Gasteiger partial charge is 0.0205 e. The summed E-state index contributed by atoms with van der Waals surface area (Å²) in [4.78, 5) is 0. The fraction of sp³-hybridized carbons (Fsp3) is 0.143. The molecule has 0 saturated heterocycles. The Labute approximate surface area is 84.3 Å². The molecule has 2 atom stereocenters. The Balaban J connectivity index is 2.13. The van der Waals surface area contributed by atoms with Crippen molar-refractivity contribution in [2.24, 2.45) is 11.8 Å². The van der Waals surface area contributed by atoms with Crippen LogP contribution in [-0.4, -0.2) is 0 Å². The number of rotatable bonds is 0. The van der Waals surface area contributed by atoms with Crippen molar-refractivity contribution in [1.29, 1.82) is 0 Å². The van der Waals surface area contributed by atoms with Crippen LogP contribution in [0.25, 0.3) is 0 Å². The minimum atomic E-state index is 0.502. The molecule has 3 aliphatic rings.